The molecule has 0 spiro atoms. The van der Waals surface area contributed by atoms with Crippen LogP contribution in [0.3, 0.4) is 0 Å². The second-order valence-corrected chi connectivity index (χ2v) is 7.67. The van der Waals surface area contributed by atoms with Gasteiger partial charge in [-0.15, -0.1) is 0 Å². The van der Waals surface area contributed by atoms with Crippen LogP contribution >= 0.6 is 0 Å². The van der Waals surface area contributed by atoms with E-state index in [-0.39, 0.29) is 17.9 Å². The van der Waals surface area contributed by atoms with Crippen LogP contribution < -0.4 is 11.1 Å². The quantitative estimate of drug-likeness (QED) is 0.816. The van der Waals surface area contributed by atoms with Crippen molar-refractivity contribution in [3.8, 4) is 0 Å². The Balaban J connectivity index is 2.00. The molecule has 1 aliphatic rings. The fourth-order valence-corrected chi connectivity index (χ4v) is 3.43. The van der Waals surface area contributed by atoms with E-state index in [1.807, 2.05) is 18.9 Å². The maximum Gasteiger partial charge on any atom is 0.253 e. The lowest BCUT2D eigenvalue weighted by atomic mass is 9.96. The standard InChI is InChI=1S/C20H32N4O2/c1-5-12-20(2,21)19(26)22-16-10-8-15(9-11-16)18(25)24(4)17-7-6-13-23(3)14-17/h8-11,17H,5-7,12-14,21H2,1-4H3,(H,22,26). The van der Waals surface area contributed by atoms with E-state index in [4.69, 9.17) is 5.73 Å². The van der Waals surface area contributed by atoms with Gasteiger partial charge in [0.25, 0.3) is 5.91 Å². The molecule has 1 saturated heterocycles. The van der Waals surface area contributed by atoms with E-state index in [9.17, 15) is 9.59 Å². The molecule has 2 amide bonds. The molecule has 2 unspecified atom stereocenters. The van der Waals surface area contributed by atoms with E-state index >= 15 is 0 Å². The molecule has 2 atom stereocenters. The number of piperidine rings is 1. The van der Waals surface area contributed by atoms with Crippen molar-refractivity contribution in [3.63, 3.8) is 0 Å². The molecule has 3 N–H and O–H groups in total. The van der Waals surface area contributed by atoms with Gasteiger partial charge in [0.1, 0.15) is 0 Å². The van der Waals surface area contributed by atoms with Crippen molar-refractivity contribution in [1.29, 1.82) is 0 Å². The Bertz CT molecular complexity index is 627. The Labute approximate surface area is 156 Å². The van der Waals surface area contributed by atoms with E-state index in [2.05, 4.69) is 17.3 Å². The minimum atomic E-state index is -0.892. The van der Waals surface area contributed by atoms with Crippen LogP contribution in [0.2, 0.25) is 0 Å². The molecule has 144 valence electrons. The number of carbonyl (C=O) groups is 2. The Hall–Kier alpha value is -1.92. The summed E-state index contributed by atoms with van der Waals surface area (Å²) in [5.41, 5.74) is 6.44. The van der Waals surface area contributed by atoms with Gasteiger partial charge in [0, 0.05) is 30.9 Å². The lowest BCUT2D eigenvalue weighted by Gasteiger charge is -2.35. The highest BCUT2D eigenvalue weighted by Crippen LogP contribution is 2.18. The van der Waals surface area contributed by atoms with Gasteiger partial charge in [-0.25, -0.2) is 0 Å². The number of likely N-dealkylation sites (N-methyl/N-ethyl adjacent to an activating group) is 2. The van der Waals surface area contributed by atoms with Crippen molar-refractivity contribution in [2.24, 2.45) is 5.73 Å². The van der Waals surface area contributed by atoms with Gasteiger partial charge >= 0.3 is 0 Å². The van der Waals surface area contributed by atoms with Crippen molar-refractivity contribution in [3.05, 3.63) is 29.8 Å². The summed E-state index contributed by atoms with van der Waals surface area (Å²) in [6.45, 7) is 5.73. The molecule has 1 aliphatic heterocycles. The number of nitrogens with zero attached hydrogens (tertiary/aromatic N) is 2. The molecule has 1 heterocycles. The fourth-order valence-electron chi connectivity index (χ4n) is 3.43. The summed E-state index contributed by atoms with van der Waals surface area (Å²) in [5, 5.41) is 2.84. The highest BCUT2D eigenvalue weighted by atomic mass is 16.2. The zero-order chi connectivity index (χ0) is 19.3. The third-order valence-corrected chi connectivity index (χ3v) is 5.15. The Morgan fingerprint density at radius 3 is 2.58 bits per heavy atom. The summed E-state index contributed by atoms with van der Waals surface area (Å²) in [5.74, 6) is -0.196. The van der Waals surface area contributed by atoms with E-state index in [1.165, 1.54) is 0 Å². The summed E-state index contributed by atoms with van der Waals surface area (Å²) >= 11 is 0. The zero-order valence-corrected chi connectivity index (χ0v) is 16.4. The minimum Gasteiger partial charge on any atom is -0.337 e. The number of rotatable bonds is 6. The van der Waals surface area contributed by atoms with E-state index in [1.54, 1.807) is 31.2 Å². The van der Waals surface area contributed by atoms with Gasteiger partial charge in [0.15, 0.2) is 0 Å². The molecule has 6 nitrogen and oxygen atoms in total. The van der Waals surface area contributed by atoms with Gasteiger partial charge in [-0.05, 0) is 64.0 Å². The first-order valence-electron chi connectivity index (χ1n) is 9.40. The molecule has 26 heavy (non-hydrogen) atoms. The van der Waals surface area contributed by atoms with Gasteiger partial charge in [-0.3, -0.25) is 9.59 Å². The van der Waals surface area contributed by atoms with Crippen LogP contribution in [0.25, 0.3) is 0 Å². The predicted octanol–water partition coefficient (Wildman–Crippen LogP) is 2.31. The molecule has 0 saturated carbocycles. The topological polar surface area (TPSA) is 78.7 Å². The first-order valence-corrected chi connectivity index (χ1v) is 9.40. The third kappa shape index (κ3) is 5.05. The first kappa shape index (κ1) is 20.4. The van der Waals surface area contributed by atoms with E-state index in [0.29, 0.717) is 17.7 Å². The van der Waals surface area contributed by atoms with Crippen LogP contribution in [-0.2, 0) is 4.79 Å². The molecular formula is C20H32N4O2. The van der Waals surface area contributed by atoms with Crippen LogP contribution in [0.5, 0.6) is 0 Å². The smallest absolute Gasteiger partial charge is 0.253 e. The number of hydrogen-bond acceptors (Lipinski definition) is 4. The molecule has 0 radical (unpaired) electrons. The summed E-state index contributed by atoms with van der Waals surface area (Å²) in [6, 6.07) is 7.28. The summed E-state index contributed by atoms with van der Waals surface area (Å²) in [6.07, 6.45) is 3.61. The largest absolute Gasteiger partial charge is 0.337 e. The SMILES string of the molecule is CCCC(C)(N)C(=O)Nc1ccc(C(=O)N(C)C2CCCN(C)C2)cc1. The molecule has 0 bridgehead atoms. The van der Waals surface area contributed by atoms with Crippen molar-refractivity contribution in [1.82, 2.24) is 9.80 Å². The van der Waals surface area contributed by atoms with Crippen LogP contribution in [0.4, 0.5) is 5.69 Å². The molecular weight excluding hydrogens is 328 g/mol. The summed E-state index contributed by atoms with van der Waals surface area (Å²) in [4.78, 5) is 29.1. The maximum absolute atomic E-state index is 12.7. The van der Waals surface area contributed by atoms with Crippen molar-refractivity contribution < 1.29 is 9.59 Å². The lowest BCUT2D eigenvalue weighted by molar-refractivity contribution is -0.120. The van der Waals surface area contributed by atoms with Gasteiger partial charge in [0.2, 0.25) is 5.91 Å². The number of likely N-dealkylation sites (tertiary alicyclic amines) is 1. The maximum atomic E-state index is 12.7. The number of hydrogen-bond donors (Lipinski definition) is 2. The van der Waals surface area contributed by atoms with Gasteiger partial charge in [0.05, 0.1) is 5.54 Å². The number of anilines is 1. The predicted molar refractivity (Wildman–Crippen MR) is 105 cm³/mol. The van der Waals surface area contributed by atoms with Gasteiger partial charge < -0.3 is 20.9 Å². The van der Waals surface area contributed by atoms with E-state index < -0.39 is 5.54 Å². The van der Waals surface area contributed by atoms with Gasteiger partial charge in [-0.1, -0.05) is 13.3 Å². The van der Waals surface area contributed by atoms with Crippen molar-refractivity contribution >= 4 is 17.5 Å². The normalized spacial score (nSPS) is 20.3. The molecule has 0 aliphatic carbocycles. The second-order valence-electron chi connectivity index (χ2n) is 7.67. The molecule has 2 rings (SSSR count). The Morgan fingerprint density at radius 1 is 1.35 bits per heavy atom. The Kier molecular flexibility index (Phi) is 6.78. The first-order chi connectivity index (χ1) is 12.2. The molecule has 1 aromatic carbocycles. The molecule has 1 fully saturated rings. The average Bonchev–Trinajstić information content (AvgIpc) is 2.61. The summed E-state index contributed by atoms with van der Waals surface area (Å²) < 4.78 is 0. The average molecular weight is 361 g/mol. The van der Waals surface area contributed by atoms with Crippen molar-refractivity contribution in [2.45, 2.75) is 51.1 Å². The van der Waals surface area contributed by atoms with E-state index in [0.717, 1.165) is 32.4 Å². The highest BCUT2D eigenvalue weighted by molar-refractivity contribution is 5.98. The molecule has 6 heteroatoms. The molecule has 0 aromatic heterocycles. The van der Waals surface area contributed by atoms with Crippen LogP contribution in [-0.4, -0.2) is 60.4 Å². The highest BCUT2D eigenvalue weighted by Gasteiger charge is 2.28. The number of amides is 2. The Morgan fingerprint density at radius 2 is 2.00 bits per heavy atom. The zero-order valence-electron chi connectivity index (χ0n) is 16.4. The third-order valence-electron chi connectivity index (χ3n) is 5.15. The monoisotopic (exact) mass is 360 g/mol. The van der Waals surface area contributed by atoms with Crippen LogP contribution in [0, 0.1) is 0 Å². The number of nitrogens with two attached hydrogens (primary N) is 1. The second kappa shape index (κ2) is 8.64. The van der Waals surface area contributed by atoms with Crippen LogP contribution in [0.15, 0.2) is 24.3 Å². The molecule has 1 aromatic rings. The fraction of sp³-hybridized carbons (Fsp3) is 0.600. The number of carbonyl (C=O) groups excluding carboxylic acids is 2. The summed E-state index contributed by atoms with van der Waals surface area (Å²) in [7, 11) is 3.96. The lowest BCUT2D eigenvalue weighted by Crippen LogP contribution is -2.48. The number of nitrogens with one attached hydrogen (secondary N) is 1. The van der Waals surface area contributed by atoms with Crippen LogP contribution in [0.1, 0.15) is 49.9 Å². The number of benzene rings is 1. The van der Waals surface area contributed by atoms with Crippen molar-refractivity contribution in [2.75, 3.05) is 32.5 Å². The van der Waals surface area contributed by atoms with Gasteiger partial charge in [-0.2, -0.15) is 0 Å². The minimum absolute atomic E-state index is 0.0119.